The third kappa shape index (κ3) is 3.23. The average molecular weight is 429 g/mol. The van der Waals surface area contributed by atoms with E-state index >= 15 is 0 Å². The van der Waals surface area contributed by atoms with Crippen LogP contribution in [0.15, 0.2) is 44.7 Å². The second-order valence-electron chi connectivity index (χ2n) is 7.22. The minimum atomic E-state index is -0.399. The molecule has 1 N–H and O–H groups in total. The molecule has 30 heavy (non-hydrogen) atoms. The Morgan fingerprint density at radius 2 is 2.07 bits per heavy atom. The minimum Gasteiger partial charge on any atom is -0.373 e. The Bertz CT molecular complexity index is 1340. The Morgan fingerprint density at radius 3 is 2.87 bits per heavy atom. The highest BCUT2D eigenvalue weighted by Crippen LogP contribution is 2.37. The van der Waals surface area contributed by atoms with Crippen LogP contribution in [0.2, 0.25) is 5.02 Å². The number of ether oxygens (including phenoxy) is 1. The molecule has 0 aliphatic carbocycles. The quantitative estimate of drug-likeness (QED) is 0.525. The van der Waals surface area contributed by atoms with Gasteiger partial charge in [0.05, 0.1) is 12.7 Å². The number of rotatable bonds is 4. The van der Waals surface area contributed by atoms with Gasteiger partial charge in [-0.05, 0) is 24.1 Å². The first-order chi connectivity index (χ1) is 14.5. The summed E-state index contributed by atoms with van der Waals surface area (Å²) in [7, 11) is 1.51. The summed E-state index contributed by atoms with van der Waals surface area (Å²) in [6.07, 6.45) is 2.01. The lowest BCUT2D eigenvalue weighted by atomic mass is 10.0. The first kappa shape index (κ1) is 18.8. The van der Waals surface area contributed by atoms with Gasteiger partial charge in [-0.15, -0.1) is 0 Å². The molecule has 1 aliphatic heterocycles. The van der Waals surface area contributed by atoms with Crippen LogP contribution in [0.4, 0.5) is 0 Å². The molecular weight excluding hydrogens is 412 g/mol. The zero-order valence-electron chi connectivity index (χ0n) is 15.9. The van der Waals surface area contributed by atoms with Crippen LogP contribution >= 0.6 is 11.6 Å². The van der Waals surface area contributed by atoms with Crippen molar-refractivity contribution in [3.63, 3.8) is 0 Å². The van der Waals surface area contributed by atoms with Crippen molar-refractivity contribution in [1.82, 2.24) is 29.2 Å². The van der Waals surface area contributed by atoms with Gasteiger partial charge in [0, 0.05) is 18.0 Å². The van der Waals surface area contributed by atoms with Gasteiger partial charge in [-0.3, -0.25) is 18.9 Å². The smallest absolute Gasteiger partial charge is 0.327 e. The Labute approximate surface area is 174 Å². The fraction of sp³-hybridized carbons (Fsp3) is 0.316. The van der Waals surface area contributed by atoms with Crippen LogP contribution in [0.5, 0.6) is 0 Å². The number of halogens is 1. The highest BCUT2D eigenvalue weighted by atomic mass is 35.5. The lowest BCUT2D eigenvalue weighted by Crippen LogP contribution is -2.24. The van der Waals surface area contributed by atoms with Crippen molar-refractivity contribution >= 4 is 22.8 Å². The fourth-order valence-corrected chi connectivity index (χ4v) is 3.76. The number of nitrogens with zero attached hydrogens (tertiary/aromatic N) is 5. The Hall–Kier alpha value is -3.24. The van der Waals surface area contributed by atoms with Crippen molar-refractivity contribution in [1.29, 1.82) is 0 Å². The van der Waals surface area contributed by atoms with E-state index < -0.39 is 5.69 Å². The van der Waals surface area contributed by atoms with E-state index in [1.165, 1.54) is 22.5 Å². The van der Waals surface area contributed by atoms with Crippen molar-refractivity contribution in [2.24, 2.45) is 7.05 Å². The van der Waals surface area contributed by atoms with Gasteiger partial charge >= 0.3 is 5.69 Å². The van der Waals surface area contributed by atoms with Crippen LogP contribution in [0.3, 0.4) is 0 Å². The molecule has 4 aromatic rings. The third-order valence-corrected chi connectivity index (χ3v) is 5.52. The van der Waals surface area contributed by atoms with E-state index in [0.29, 0.717) is 17.5 Å². The molecule has 2 atom stereocenters. The van der Waals surface area contributed by atoms with Crippen molar-refractivity contribution in [2.45, 2.75) is 25.0 Å². The maximum atomic E-state index is 12.7. The van der Waals surface area contributed by atoms with Gasteiger partial charge in [0.2, 0.25) is 5.89 Å². The number of fused-ring (bicyclic) bond motifs is 1. The number of aryl methyl sites for hydroxylation is 1. The molecule has 1 aromatic carbocycles. The van der Waals surface area contributed by atoms with Gasteiger partial charge in [0.25, 0.3) is 5.56 Å². The van der Waals surface area contributed by atoms with E-state index in [0.717, 1.165) is 12.0 Å². The number of aromatic nitrogens is 6. The van der Waals surface area contributed by atoms with Crippen LogP contribution in [-0.4, -0.2) is 35.8 Å². The summed E-state index contributed by atoms with van der Waals surface area (Å²) >= 11 is 5.94. The third-order valence-electron chi connectivity index (χ3n) is 5.27. The van der Waals surface area contributed by atoms with Crippen LogP contribution in [0.1, 0.15) is 35.7 Å². The molecule has 4 heterocycles. The zero-order chi connectivity index (χ0) is 20.8. The molecule has 0 saturated carbocycles. The second kappa shape index (κ2) is 7.22. The molecule has 0 amide bonds. The number of hydrogen-bond donors (Lipinski definition) is 1. The molecule has 5 rings (SSSR count). The zero-order valence-corrected chi connectivity index (χ0v) is 16.7. The maximum absolute atomic E-state index is 12.7. The standard InChI is InChI=1S/C19H17ClN6O4/c1-25-15-17(23-19(25)28)21-9-26(18(15)27)7-14-22-16(24-30-14)11-6-13(29-8-11)10-2-4-12(20)5-3-10/h2-5,9,11,13H,6-8H2,1H3,(H,23,28)/t11-,13+/m0/s1. The van der Waals surface area contributed by atoms with Crippen molar-refractivity contribution in [3.8, 4) is 0 Å². The number of imidazole rings is 1. The van der Waals surface area contributed by atoms with Crippen LogP contribution in [0, 0.1) is 0 Å². The molecule has 0 unspecified atom stereocenters. The van der Waals surface area contributed by atoms with E-state index in [1.807, 2.05) is 24.3 Å². The molecule has 0 radical (unpaired) electrons. The molecule has 3 aromatic heterocycles. The van der Waals surface area contributed by atoms with Gasteiger partial charge < -0.3 is 9.26 Å². The molecule has 1 fully saturated rings. The first-order valence-electron chi connectivity index (χ1n) is 9.33. The molecule has 0 spiro atoms. The Balaban J connectivity index is 1.34. The molecule has 10 nitrogen and oxygen atoms in total. The van der Waals surface area contributed by atoms with Crippen LogP contribution in [-0.2, 0) is 18.3 Å². The largest absolute Gasteiger partial charge is 0.373 e. The first-order valence-corrected chi connectivity index (χ1v) is 9.71. The summed E-state index contributed by atoms with van der Waals surface area (Å²) in [5, 5.41) is 4.75. The monoisotopic (exact) mass is 428 g/mol. The van der Waals surface area contributed by atoms with Gasteiger partial charge in [-0.25, -0.2) is 9.78 Å². The van der Waals surface area contributed by atoms with Crippen molar-refractivity contribution in [2.75, 3.05) is 6.61 Å². The number of benzene rings is 1. The topological polar surface area (TPSA) is 121 Å². The van der Waals surface area contributed by atoms with Gasteiger partial charge in [0.1, 0.15) is 12.9 Å². The normalized spacial score (nSPS) is 19.0. The van der Waals surface area contributed by atoms with E-state index in [-0.39, 0.29) is 41.2 Å². The summed E-state index contributed by atoms with van der Waals surface area (Å²) in [4.78, 5) is 35.5. The fourth-order valence-electron chi connectivity index (χ4n) is 3.63. The van der Waals surface area contributed by atoms with Gasteiger partial charge in [-0.1, -0.05) is 28.9 Å². The molecular formula is C19H17ClN6O4. The summed E-state index contributed by atoms with van der Waals surface area (Å²) in [6, 6.07) is 7.56. The van der Waals surface area contributed by atoms with Gasteiger partial charge in [0.15, 0.2) is 17.0 Å². The van der Waals surface area contributed by atoms with E-state index in [9.17, 15) is 9.59 Å². The Kier molecular flexibility index (Phi) is 4.52. The maximum Gasteiger partial charge on any atom is 0.327 e. The molecule has 1 saturated heterocycles. The second-order valence-corrected chi connectivity index (χ2v) is 7.65. The lowest BCUT2D eigenvalue weighted by Gasteiger charge is -2.09. The minimum absolute atomic E-state index is 0.00833. The van der Waals surface area contributed by atoms with E-state index in [2.05, 4.69) is 20.1 Å². The summed E-state index contributed by atoms with van der Waals surface area (Å²) in [6.45, 7) is 0.535. The predicted molar refractivity (Wildman–Crippen MR) is 106 cm³/mol. The number of nitrogens with one attached hydrogen (secondary N) is 1. The molecule has 154 valence electrons. The Morgan fingerprint density at radius 1 is 1.27 bits per heavy atom. The summed E-state index contributed by atoms with van der Waals surface area (Å²) in [5.41, 5.74) is 0.716. The van der Waals surface area contributed by atoms with E-state index in [1.54, 1.807) is 0 Å². The number of aromatic amines is 1. The molecule has 1 aliphatic rings. The van der Waals surface area contributed by atoms with Crippen LogP contribution < -0.4 is 11.2 Å². The molecule has 0 bridgehead atoms. The summed E-state index contributed by atoms with van der Waals surface area (Å²) in [5.74, 6) is 0.812. The van der Waals surface area contributed by atoms with E-state index in [4.69, 9.17) is 20.9 Å². The molecule has 11 heteroatoms. The summed E-state index contributed by atoms with van der Waals surface area (Å²) < 4.78 is 13.8. The van der Waals surface area contributed by atoms with Crippen molar-refractivity contribution < 1.29 is 9.26 Å². The number of hydrogen-bond acceptors (Lipinski definition) is 7. The van der Waals surface area contributed by atoms with Gasteiger partial charge in [-0.2, -0.15) is 4.98 Å². The predicted octanol–water partition coefficient (Wildman–Crippen LogP) is 1.75. The van der Waals surface area contributed by atoms with Crippen molar-refractivity contribution in [3.05, 3.63) is 73.7 Å². The lowest BCUT2D eigenvalue weighted by molar-refractivity contribution is 0.110. The highest BCUT2D eigenvalue weighted by molar-refractivity contribution is 6.30. The highest BCUT2D eigenvalue weighted by Gasteiger charge is 2.31. The number of H-pyrrole nitrogens is 1. The van der Waals surface area contributed by atoms with Crippen LogP contribution in [0.25, 0.3) is 11.2 Å². The SMILES string of the molecule is Cn1c(=O)[nH]c2ncn(Cc3nc([C@@H]4CO[C@@H](c5ccc(Cl)cc5)C4)no3)c(=O)c21. The average Bonchev–Trinajstić information content (AvgIpc) is 3.45.